The molecule has 1 aliphatic rings. The summed E-state index contributed by atoms with van der Waals surface area (Å²) in [7, 11) is 0. The molecular weight excluding hydrogens is 359 g/mol. The number of carbonyl (C=O) groups excluding carboxylic acids is 1. The lowest BCUT2D eigenvalue weighted by atomic mass is 10.1. The van der Waals surface area contributed by atoms with Gasteiger partial charge < -0.3 is 10.4 Å². The van der Waals surface area contributed by atoms with Crippen molar-refractivity contribution < 1.29 is 27.9 Å². The third-order valence-electron chi connectivity index (χ3n) is 3.66. The van der Waals surface area contributed by atoms with Gasteiger partial charge in [-0.15, -0.1) is 11.8 Å². The number of carboxylic acids is 1. The maximum atomic E-state index is 13.4. The second kappa shape index (κ2) is 6.10. The average molecular weight is 371 g/mol. The molecule has 2 N–H and O–H groups in total. The van der Waals surface area contributed by atoms with Gasteiger partial charge in [-0.25, -0.2) is 9.48 Å². The van der Waals surface area contributed by atoms with Crippen molar-refractivity contribution in [1.29, 1.82) is 0 Å². The molecule has 1 unspecified atom stereocenters. The fourth-order valence-electron chi connectivity index (χ4n) is 2.57. The Kier molecular flexibility index (Phi) is 4.23. The van der Waals surface area contributed by atoms with Gasteiger partial charge >= 0.3 is 12.1 Å². The molecule has 0 radical (unpaired) electrons. The van der Waals surface area contributed by atoms with E-state index in [2.05, 4.69) is 10.4 Å². The van der Waals surface area contributed by atoms with Gasteiger partial charge in [0.05, 0.1) is 22.7 Å². The number of benzene rings is 1. The first-order valence-electron chi connectivity index (χ1n) is 7.10. The van der Waals surface area contributed by atoms with E-state index >= 15 is 0 Å². The van der Waals surface area contributed by atoms with Crippen molar-refractivity contribution in [2.24, 2.45) is 0 Å². The Morgan fingerprint density at radius 3 is 2.56 bits per heavy atom. The number of carbonyl (C=O) groups is 2. The number of thioether (sulfide) groups is 1. The molecule has 25 heavy (non-hydrogen) atoms. The normalized spacial score (nSPS) is 17.6. The van der Waals surface area contributed by atoms with Crippen LogP contribution in [0.4, 0.5) is 19.0 Å². The van der Waals surface area contributed by atoms with E-state index in [0.717, 1.165) is 0 Å². The molecule has 2 heterocycles. The Bertz CT molecular complexity index is 846. The zero-order valence-corrected chi connectivity index (χ0v) is 13.6. The van der Waals surface area contributed by atoms with Crippen LogP contribution in [0.2, 0.25) is 0 Å². The summed E-state index contributed by atoms with van der Waals surface area (Å²) in [4.78, 5) is 22.8. The number of rotatable bonds is 2. The fourth-order valence-corrected chi connectivity index (χ4v) is 3.60. The first-order chi connectivity index (χ1) is 11.7. The molecule has 0 fully saturated rings. The lowest BCUT2D eigenvalue weighted by Gasteiger charge is -2.18. The fraction of sp³-hybridized carbons (Fsp3) is 0.267. The number of anilines is 1. The van der Waals surface area contributed by atoms with Crippen LogP contribution in [0.1, 0.15) is 26.9 Å². The largest absolute Gasteiger partial charge is 0.478 e. The van der Waals surface area contributed by atoms with Crippen molar-refractivity contribution in [3.8, 4) is 5.69 Å². The molecule has 6 nitrogen and oxygen atoms in total. The second-order valence-electron chi connectivity index (χ2n) is 5.39. The lowest BCUT2D eigenvalue weighted by Crippen LogP contribution is -2.18. The molecule has 1 aromatic carbocycles. The first kappa shape index (κ1) is 17.3. The molecule has 2 aromatic rings. The highest BCUT2D eigenvalue weighted by atomic mass is 32.2. The van der Waals surface area contributed by atoms with E-state index in [4.69, 9.17) is 5.11 Å². The van der Waals surface area contributed by atoms with Gasteiger partial charge in [0.2, 0.25) is 5.91 Å². The van der Waals surface area contributed by atoms with Crippen molar-refractivity contribution in [3.05, 3.63) is 41.1 Å². The number of alkyl halides is 3. The summed E-state index contributed by atoms with van der Waals surface area (Å²) in [5.41, 5.74) is 0.439. The lowest BCUT2D eigenvalue weighted by molar-refractivity contribution is -0.129. The smallest absolute Gasteiger partial charge is 0.404 e. The minimum atomic E-state index is -4.53. The van der Waals surface area contributed by atoms with Gasteiger partial charge in [-0.05, 0) is 31.2 Å². The summed E-state index contributed by atoms with van der Waals surface area (Å²) in [6, 6.07) is 5.47. The van der Waals surface area contributed by atoms with Crippen LogP contribution < -0.4 is 5.32 Å². The molecule has 0 bridgehead atoms. The molecule has 0 aliphatic carbocycles. The molecular formula is C15H12F3N3O3S. The van der Waals surface area contributed by atoms with Crippen LogP contribution in [0, 0.1) is 6.92 Å². The SMILES string of the molecule is Cc1nn(-c2ccc(C(=O)O)cc2)c2c1C(C(F)(F)F)SCC(=O)N2. The standard InChI is InChI=1S/C15H12F3N3O3S/c1-7-11-12(15(16,17)18)25-6-10(22)19-13(11)21(20-7)9-4-2-8(3-5-9)14(23)24/h2-5,12H,6H2,1H3,(H,19,22)(H,23,24). The number of amides is 1. The third kappa shape index (κ3) is 3.21. The Hall–Kier alpha value is -2.49. The van der Waals surface area contributed by atoms with Crippen LogP contribution in [-0.4, -0.2) is 38.7 Å². The van der Waals surface area contributed by atoms with Gasteiger partial charge in [-0.3, -0.25) is 4.79 Å². The maximum Gasteiger partial charge on any atom is 0.404 e. The predicted molar refractivity (Wildman–Crippen MR) is 85.1 cm³/mol. The average Bonchev–Trinajstić information content (AvgIpc) is 2.72. The maximum absolute atomic E-state index is 13.4. The van der Waals surface area contributed by atoms with Crippen molar-refractivity contribution >= 4 is 29.5 Å². The van der Waals surface area contributed by atoms with E-state index in [-0.39, 0.29) is 28.4 Å². The van der Waals surface area contributed by atoms with Gasteiger partial charge in [0.25, 0.3) is 0 Å². The van der Waals surface area contributed by atoms with Crippen molar-refractivity contribution in [2.45, 2.75) is 18.3 Å². The minimum absolute atomic E-state index is 0.0338. The third-order valence-corrected chi connectivity index (χ3v) is 4.93. The van der Waals surface area contributed by atoms with E-state index < -0.39 is 23.3 Å². The van der Waals surface area contributed by atoms with Crippen LogP contribution in [0.25, 0.3) is 5.69 Å². The van der Waals surface area contributed by atoms with E-state index in [1.165, 1.54) is 35.9 Å². The summed E-state index contributed by atoms with van der Waals surface area (Å²) < 4.78 is 41.4. The summed E-state index contributed by atoms with van der Waals surface area (Å²) in [6.45, 7) is 1.44. The predicted octanol–water partition coefficient (Wildman–Crippen LogP) is 3.17. The summed E-state index contributed by atoms with van der Waals surface area (Å²) in [5, 5.41) is 13.7. The highest BCUT2D eigenvalue weighted by Crippen LogP contribution is 2.48. The molecule has 132 valence electrons. The molecule has 0 spiro atoms. The summed E-state index contributed by atoms with van der Waals surface area (Å²) in [5.74, 6) is -2.04. The number of aryl methyl sites for hydroxylation is 1. The van der Waals surface area contributed by atoms with Crippen molar-refractivity contribution in [2.75, 3.05) is 11.1 Å². The number of halogens is 3. The van der Waals surface area contributed by atoms with Gasteiger partial charge in [0, 0.05) is 5.56 Å². The number of fused-ring (bicyclic) bond motifs is 1. The number of nitrogens with one attached hydrogen (secondary N) is 1. The van der Waals surface area contributed by atoms with Crippen LogP contribution in [0.15, 0.2) is 24.3 Å². The Morgan fingerprint density at radius 1 is 1.36 bits per heavy atom. The van der Waals surface area contributed by atoms with E-state index in [9.17, 15) is 22.8 Å². The van der Waals surface area contributed by atoms with Gasteiger partial charge in [-0.1, -0.05) is 0 Å². The van der Waals surface area contributed by atoms with E-state index in [1.807, 2.05) is 0 Å². The van der Waals surface area contributed by atoms with Crippen molar-refractivity contribution in [1.82, 2.24) is 9.78 Å². The number of aromatic nitrogens is 2. The van der Waals surface area contributed by atoms with Gasteiger partial charge in [0.1, 0.15) is 11.1 Å². The molecule has 10 heteroatoms. The van der Waals surface area contributed by atoms with E-state index in [0.29, 0.717) is 17.4 Å². The minimum Gasteiger partial charge on any atom is -0.478 e. The quantitative estimate of drug-likeness (QED) is 0.847. The Morgan fingerprint density at radius 2 is 2.00 bits per heavy atom. The Labute approximate surface area is 144 Å². The van der Waals surface area contributed by atoms with Crippen molar-refractivity contribution in [3.63, 3.8) is 0 Å². The number of hydrogen-bond donors (Lipinski definition) is 2. The highest BCUT2D eigenvalue weighted by molar-refractivity contribution is 8.00. The van der Waals surface area contributed by atoms with Crippen LogP contribution in [0.5, 0.6) is 0 Å². The van der Waals surface area contributed by atoms with E-state index in [1.54, 1.807) is 0 Å². The number of carboxylic acid groups (broad SMARTS) is 1. The molecule has 1 aromatic heterocycles. The number of aromatic carboxylic acids is 1. The molecule has 1 aliphatic heterocycles. The molecule has 1 atom stereocenters. The summed E-state index contributed by atoms with van der Waals surface area (Å²) in [6.07, 6.45) is -4.53. The van der Waals surface area contributed by atoms with Crippen LogP contribution in [0.3, 0.4) is 0 Å². The molecule has 3 rings (SSSR count). The monoisotopic (exact) mass is 371 g/mol. The van der Waals surface area contributed by atoms with Crippen LogP contribution in [-0.2, 0) is 4.79 Å². The topological polar surface area (TPSA) is 84.2 Å². The highest BCUT2D eigenvalue weighted by Gasteiger charge is 2.46. The number of hydrogen-bond acceptors (Lipinski definition) is 4. The molecule has 0 saturated carbocycles. The van der Waals surface area contributed by atoms with Gasteiger partial charge in [0.15, 0.2) is 0 Å². The Balaban J connectivity index is 2.14. The number of nitrogens with zero attached hydrogens (tertiary/aromatic N) is 2. The molecule has 0 saturated heterocycles. The van der Waals surface area contributed by atoms with Crippen LogP contribution >= 0.6 is 11.8 Å². The van der Waals surface area contributed by atoms with Gasteiger partial charge in [-0.2, -0.15) is 18.3 Å². The zero-order valence-electron chi connectivity index (χ0n) is 12.8. The first-order valence-corrected chi connectivity index (χ1v) is 8.15. The zero-order chi connectivity index (χ0) is 18.4. The second-order valence-corrected chi connectivity index (χ2v) is 6.49. The summed E-state index contributed by atoms with van der Waals surface area (Å²) >= 11 is 0.503. The molecule has 1 amide bonds.